The number of carbonyl (C=O) groups excluding carboxylic acids is 1. The van der Waals surface area contributed by atoms with Gasteiger partial charge in [0.15, 0.2) is 0 Å². The summed E-state index contributed by atoms with van der Waals surface area (Å²) in [5, 5.41) is 4.05. The predicted molar refractivity (Wildman–Crippen MR) is 128 cm³/mol. The van der Waals surface area contributed by atoms with Crippen LogP contribution >= 0.6 is 15.9 Å². The van der Waals surface area contributed by atoms with Crippen LogP contribution in [0.25, 0.3) is 10.9 Å². The number of halogens is 1. The zero-order valence-corrected chi connectivity index (χ0v) is 18.5. The highest BCUT2D eigenvalue weighted by molar-refractivity contribution is 9.10. The Morgan fingerprint density at radius 1 is 1.06 bits per heavy atom. The molecule has 154 valence electrons. The quantitative estimate of drug-likeness (QED) is 0.397. The first-order chi connectivity index (χ1) is 15.1. The molecule has 2 heterocycles. The van der Waals surface area contributed by atoms with E-state index < -0.39 is 0 Å². The molecule has 5 rings (SSSR count). The molecule has 1 N–H and O–H groups in total. The van der Waals surface area contributed by atoms with Crippen LogP contribution in [0.15, 0.2) is 77.3 Å². The number of rotatable bonds is 4. The molecule has 31 heavy (non-hydrogen) atoms. The van der Waals surface area contributed by atoms with Crippen molar-refractivity contribution in [1.82, 2.24) is 4.98 Å². The molecule has 0 radical (unpaired) electrons. The molecule has 0 bridgehead atoms. The van der Waals surface area contributed by atoms with Crippen molar-refractivity contribution in [2.24, 2.45) is 0 Å². The van der Waals surface area contributed by atoms with E-state index in [4.69, 9.17) is 9.72 Å². The van der Waals surface area contributed by atoms with E-state index in [1.165, 1.54) is 5.56 Å². The van der Waals surface area contributed by atoms with E-state index in [0.29, 0.717) is 5.56 Å². The van der Waals surface area contributed by atoms with Crippen LogP contribution in [-0.4, -0.2) is 24.5 Å². The summed E-state index contributed by atoms with van der Waals surface area (Å²) in [6.07, 6.45) is 0.939. The van der Waals surface area contributed by atoms with Crippen LogP contribution in [0, 0.1) is 0 Å². The largest absolute Gasteiger partial charge is 0.497 e. The molecule has 5 nitrogen and oxygen atoms in total. The third-order valence-electron chi connectivity index (χ3n) is 5.50. The van der Waals surface area contributed by atoms with Crippen LogP contribution in [0.2, 0.25) is 0 Å². The average molecular weight is 474 g/mol. The average Bonchev–Trinajstić information content (AvgIpc) is 3.21. The van der Waals surface area contributed by atoms with Crippen molar-refractivity contribution >= 4 is 49.9 Å². The molecule has 6 heteroatoms. The lowest BCUT2D eigenvalue weighted by Gasteiger charge is -2.19. The van der Waals surface area contributed by atoms with E-state index in [-0.39, 0.29) is 5.91 Å². The van der Waals surface area contributed by atoms with Crippen molar-refractivity contribution in [3.05, 3.63) is 88.4 Å². The predicted octanol–water partition coefficient (Wildman–Crippen LogP) is 5.95. The number of aromatic nitrogens is 1. The molecule has 0 aliphatic carbocycles. The standard InChI is InChI=1S/C25H20BrN3O2/c1-31-20-11-8-17-14-18-12-13-29(24(18)27-23(17)15-20)19-9-6-16(7-10-19)25(30)28-22-5-3-2-4-21(22)26/h2-11,14-15H,12-13H2,1H3,(H,28,30). The number of hydrogen-bond acceptors (Lipinski definition) is 4. The zero-order chi connectivity index (χ0) is 21.4. The summed E-state index contributed by atoms with van der Waals surface area (Å²) in [4.78, 5) is 19.7. The molecule has 0 unspecified atom stereocenters. The van der Waals surface area contributed by atoms with E-state index in [1.807, 2.05) is 66.7 Å². The maximum atomic E-state index is 12.6. The first kappa shape index (κ1) is 19.6. The van der Waals surface area contributed by atoms with Gasteiger partial charge in [0.2, 0.25) is 0 Å². The number of pyridine rings is 1. The highest BCUT2D eigenvalue weighted by Gasteiger charge is 2.23. The summed E-state index contributed by atoms with van der Waals surface area (Å²) in [6.45, 7) is 0.859. The van der Waals surface area contributed by atoms with Crippen LogP contribution < -0.4 is 15.0 Å². The molecule has 1 aromatic heterocycles. The van der Waals surface area contributed by atoms with Crippen molar-refractivity contribution in [1.29, 1.82) is 0 Å². The third kappa shape index (κ3) is 3.75. The fraction of sp³-hybridized carbons (Fsp3) is 0.120. The van der Waals surface area contributed by atoms with E-state index in [9.17, 15) is 4.79 Å². The Kier molecular flexibility index (Phi) is 5.08. The van der Waals surface area contributed by atoms with Crippen molar-refractivity contribution in [2.45, 2.75) is 6.42 Å². The second-order valence-corrected chi connectivity index (χ2v) is 8.27. The Balaban J connectivity index is 1.40. The number of hydrogen-bond donors (Lipinski definition) is 1. The Morgan fingerprint density at radius 3 is 2.65 bits per heavy atom. The second kappa shape index (κ2) is 8.04. The summed E-state index contributed by atoms with van der Waals surface area (Å²) in [5.41, 5.74) is 4.51. The molecule has 4 aromatic rings. The normalized spacial score (nSPS) is 12.6. The summed E-state index contributed by atoms with van der Waals surface area (Å²) < 4.78 is 6.19. The van der Waals surface area contributed by atoms with E-state index in [2.05, 4.69) is 32.2 Å². The summed E-state index contributed by atoms with van der Waals surface area (Å²) >= 11 is 3.46. The molecule has 0 fully saturated rings. The minimum Gasteiger partial charge on any atom is -0.497 e. The summed E-state index contributed by atoms with van der Waals surface area (Å²) in [7, 11) is 1.66. The van der Waals surface area contributed by atoms with E-state index in [1.54, 1.807) is 7.11 Å². The number of carbonyl (C=O) groups is 1. The van der Waals surface area contributed by atoms with Gasteiger partial charge >= 0.3 is 0 Å². The van der Waals surface area contributed by atoms with Crippen LogP contribution in [0.5, 0.6) is 5.75 Å². The molecular weight excluding hydrogens is 454 g/mol. The highest BCUT2D eigenvalue weighted by Crippen LogP contribution is 2.35. The lowest BCUT2D eigenvalue weighted by atomic mass is 10.1. The van der Waals surface area contributed by atoms with Crippen molar-refractivity contribution in [3.8, 4) is 5.75 Å². The molecule has 0 saturated heterocycles. The molecule has 1 aliphatic rings. The first-order valence-corrected chi connectivity index (χ1v) is 10.8. The number of nitrogens with zero attached hydrogens (tertiary/aromatic N) is 2. The van der Waals surface area contributed by atoms with Crippen LogP contribution in [0.1, 0.15) is 15.9 Å². The molecule has 1 amide bonds. The number of methoxy groups -OCH3 is 1. The van der Waals surface area contributed by atoms with Gasteiger partial charge in [-0.1, -0.05) is 12.1 Å². The highest BCUT2D eigenvalue weighted by atomic mass is 79.9. The van der Waals surface area contributed by atoms with Gasteiger partial charge in [-0.15, -0.1) is 0 Å². The van der Waals surface area contributed by atoms with E-state index in [0.717, 1.165) is 51.3 Å². The Hall–Kier alpha value is -3.38. The topological polar surface area (TPSA) is 54.5 Å². The Labute approximate surface area is 188 Å². The molecule has 1 aliphatic heterocycles. The van der Waals surface area contributed by atoms with Crippen molar-refractivity contribution < 1.29 is 9.53 Å². The Morgan fingerprint density at radius 2 is 1.87 bits per heavy atom. The van der Waals surface area contributed by atoms with Gasteiger partial charge in [-0.2, -0.15) is 0 Å². The number of amides is 1. The van der Waals surface area contributed by atoms with Gasteiger partial charge in [0.25, 0.3) is 5.91 Å². The monoisotopic (exact) mass is 473 g/mol. The van der Waals surface area contributed by atoms with Crippen molar-refractivity contribution in [2.75, 3.05) is 23.9 Å². The van der Waals surface area contributed by atoms with Gasteiger partial charge in [-0.3, -0.25) is 4.79 Å². The SMILES string of the molecule is COc1ccc2cc3c(nc2c1)N(c1ccc(C(=O)Nc2ccccc2Br)cc1)CC3. The number of nitrogens with one attached hydrogen (secondary N) is 1. The summed E-state index contributed by atoms with van der Waals surface area (Å²) in [6, 6.07) is 23.4. The minimum atomic E-state index is -0.142. The maximum absolute atomic E-state index is 12.6. The lowest BCUT2D eigenvalue weighted by molar-refractivity contribution is 0.102. The Bertz CT molecular complexity index is 1290. The molecule has 3 aromatic carbocycles. The number of benzene rings is 3. The van der Waals surface area contributed by atoms with Crippen LogP contribution in [0.4, 0.5) is 17.2 Å². The minimum absolute atomic E-state index is 0.142. The fourth-order valence-corrected chi connectivity index (χ4v) is 4.25. The summed E-state index contributed by atoms with van der Waals surface area (Å²) in [5.74, 6) is 1.62. The van der Waals surface area contributed by atoms with Gasteiger partial charge in [-0.25, -0.2) is 4.98 Å². The van der Waals surface area contributed by atoms with Crippen LogP contribution in [0.3, 0.4) is 0 Å². The van der Waals surface area contributed by atoms with Gasteiger partial charge in [0.05, 0.1) is 18.3 Å². The second-order valence-electron chi connectivity index (χ2n) is 7.41. The van der Waals surface area contributed by atoms with Gasteiger partial charge in [0.1, 0.15) is 11.6 Å². The van der Waals surface area contributed by atoms with Crippen molar-refractivity contribution in [3.63, 3.8) is 0 Å². The smallest absolute Gasteiger partial charge is 0.255 e. The van der Waals surface area contributed by atoms with E-state index >= 15 is 0 Å². The maximum Gasteiger partial charge on any atom is 0.255 e. The van der Waals surface area contributed by atoms with Gasteiger partial charge in [-0.05, 0) is 82.5 Å². The molecule has 0 saturated carbocycles. The van der Waals surface area contributed by atoms with Gasteiger partial charge in [0, 0.05) is 33.7 Å². The van der Waals surface area contributed by atoms with Crippen LogP contribution in [-0.2, 0) is 6.42 Å². The lowest BCUT2D eigenvalue weighted by Crippen LogP contribution is -2.15. The molecule has 0 spiro atoms. The third-order valence-corrected chi connectivity index (χ3v) is 6.20. The number of fused-ring (bicyclic) bond motifs is 2. The van der Waals surface area contributed by atoms with Gasteiger partial charge < -0.3 is 15.0 Å². The molecule has 0 atom stereocenters. The number of ether oxygens (including phenoxy) is 1. The molecular formula is C25H20BrN3O2. The first-order valence-electron chi connectivity index (χ1n) is 10.0. The number of para-hydroxylation sites is 1. The zero-order valence-electron chi connectivity index (χ0n) is 16.9. The number of anilines is 3. The fourth-order valence-electron chi connectivity index (χ4n) is 3.86.